The number of nitrogens with one attached hydrogen (secondary N) is 1. The van der Waals surface area contributed by atoms with E-state index < -0.39 is 15.9 Å². The molecule has 3 aromatic rings. The molecule has 1 aliphatic heterocycles. The number of aryl methyl sites for hydroxylation is 1. The van der Waals surface area contributed by atoms with Gasteiger partial charge in [-0.25, -0.2) is 8.42 Å². The average Bonchev–Trinajstić information content (AvgIpc) is 3.26. The lowest BCUT2D eigenvalue weighted by atomic mass is 9.95. The van der Waals surface area contributed by atoms with Crippen LogP contribution in [0.1, 0.15) is 34.9 Å². The van der Waals surface area contributed by atoms with E-state index >= 15 is 0 Å². The lowest BCUT2D eigenvalue weighted by molar-refractivity contribution is -0.126. The van der Waals surface area contributed by atoms with E-state index in [2.05, 4.69) is 10.3 Å². The highest BCUT2D eigenvalue weighted by molar-refractivity contribution is 7.91. The van der Waals surface area contributed by atoms with Crippen molar-refractivity contribution in [2.24, 2.45) is 5.92 Å². The van der Waals surface area contributed by atoms with Crippen LogP contribution in [0.15, 0.2) is 71.2 Å². The predicted molar refractivity (Wildman–Crippen MR) is 121 cm³/mol. The molecule has 0 bridgehead atoms. The maximum Gasteiger partial charge on any atom is 0.252 e. The van der Waals surface area contributed by atoms with Crippen LogP contribution < -0.4 is 5.32 Å². The van der Waals surface area contributed by atoms with Gasteiger partial charge < -0.3 is 5.32 Å². The quantitative estimate of drug-likeness (QED) is 0.614. The van der Waals surface area contributed by atoms with E-state index in [1.807, 2.05) is 55.5 Å². The first-order valence-electron chi connectivity index (χ1n) is 10.3. The third-order valence-electron chi connectivity index (χ3n) is 5.52. The molecule has 162 valence electrons. The van der Waals surface area contributed by atoms with Gasteiger partial charge in [-0.1, -0.05) is 30.3 Å². The second kappa shape index (κ2) is 9.30. The summed E-state index contributed by atoms with van der Waals surface area (Å²) in [6.07, 6.45) is 4.73. The van der Waals surface area contributed by atoms with Gasteiger partial charge in [-0.3, -0.25) is 9.78 Å². The Morgan fingerprint density at radius 1 is 1.10 bits per heavy atom. The normalized spacial score (nSPS) is 18.4. The fourth-order valence-corrected chi connectivity index (χ4v) is 6.83. The number of sulfonamides is 1. The van der Waals surface area contributed by atoms with Gasteiger partial charge >= 0.3 is 0 Å². The Hall–Kier alpha value is -2.55. The van der Waals surface area contributed by atoms with Crippen LogP contribution in [0.5, 0.6) is 0 Å². The molecule has 1 N–H and O–H groups in total. The number of pyridine rings is 1. The van der Waals surface area contributed by atoms with Crippen LogP contribution in [0.3, 0.4) is 0 Å². The highest BCUT2D eigenvalue weighted by Crippen LogP contribution is 2.29. The van der Waals surface area contributed by atoms with E-state index in [1.54, 1.807) is 18.5 Å². The zero-order chi connectivity index (χ0) is 21.8. The predicted octanol–water partition coefficient (Wildman–Crippen LogP) is 3.76. The maximum atomic E-state index is 13.2. The number of aromatic nitrogens is 1. The van der Waals surface area contributed by atoms with Crippen molar-refractivity contribution in [1.82, 2.24) is 14.6 Å². The van der Waals surface area contributed by atoms with E-state index in [0.29, 0.717) is 23.6 Å². The van der Waals surface area contributed by atoms with E-state index in [0.717, 1.165) is 16.0 Å². The first-order chi connectivity index (χ1) is 14.9. The fraction of sp³-hybridized carbons (Fsp3) is 0.304. The summed E-state index contributed by atoms with van der Waals surface area (Å²) in [6, 6.07) is 16.7. The minimum Gasteiger partial charge on any atom is -0.345 e. The van der Waals surface area contributed by atoms with Gasteiger partial charge in [0.2, 0.25) is 5.91 Å². The van der Waals surface area contributed by atoms with Gasteiger partial charge in [0.1, 0.15) is 4.21 Å². The number of hydrogen-bond donors (Lipinski definition) is 1. The molecular formula is C23H25N3O3S2. The highest BCUT2D eigenvalue weighted by atomic mass is 32.2. The van der Waals surface area contributed by atoms with Gasteiger partial charge in [-0.15, -0.1) is 11.3 Å². The van der Waals surface area contributed by atoms with Crippen LogP contribution in [0.4, 0.5) is 0 Å². The highest BCUT2D eigenvalue weighted by Gasteiger charge is 2.34. The first kappa shape index (κ1) is 21.7. The van der Waals surface area contributed by atoms with Crippen LogP contribution in [0, 0.1) is 12.8 Å². The zero-order valence-electron chi connectivity index (χ0n) is 17.3. The number of benzene rings is 1. The molecule has 1 saturated heterocycles. The molecule has 2 unspecified atom stereocenters. The van der Waals surface area contributed by atoms with Crippen molar-refractivity contribution >= 4 is 27.3 Å². The van der Waals surface area contributed by atoms with Gasteiger partial charge in [-0.2, -0.15) is 4.31 Å². The lowest BCUT2D eigenvalue weighted by Gasteiger charge is -2.32. The summed E-state index contributed by atoms with van der Waals surface area (Å²) in [6.45, 7) is 2.53. The minimum atomic E-state index is -3.58. The Labute approximate surface area is 187 Å². The van der Waals surface area contributed by atoms with Crippen LogP contribution in [-0.4, -0.2) is 36.7 Å². The van der Waals surface area contributed by atoms with Crippen LogP contribution >= 0.6 is 11.3 Å². The van der Waals surface area contributed by atoms with Gasteiger partial charge in [0.25, 0.3) is 10.0 Å². The molecule has 0 saturated carbocycles. The SMILES string of the molecule is Cc1ccc(S(=O)(=O)N2CCCC(C(=O)NC(c3ccccc3)c3ccncc3)C2)s1. The van der Waals surface area contributed by atoms with Crippen molar-refractivity contribution in [3.8, 4) is 0 Å². The molecule has 1 aliphatic rings. The third kappa shape index (κ3) is 4.87. The monoisotopic (exact) mass is 455 g/mol. The Bertz CT molecular complexity index is 1090. The van der Waals surface area contributed by atoms with Gasteiger partial charge in [0, 0.05) is 30.4 Å². The Kier molecular flexibility index (Phi) is 6.50. The molecule has 0 aliphatic carbocycles. The molecule has 31 heavy (non-hydrogen) atoms. The van der Waals surface area contributed by atoms with E-state index in [-0.39, 0.29) is 18.5 Å². The van der Waals surface area contributed by atoms with Crippen LogP contribution in [0.2, 0.25) is 0 Å². The standard InChI is InChI=1S/C23H25N3O3S2/c1-17-9-10-21(30-17)31(28,29)26-15-5-8-20(16-26)23(27)25-22(18-6-3-2-4-7-18)19-11-13-24-14-12-19/h2-4,6-7,9-14,20,22H,5,8,15-16H2,1H3,(H,25,27). The number of amides is 1. The number of thiophene rings is 1. The topological polar surface area (TPSA) is 79.4 Å². The molecule has 2 aromatic heterocycles. The fourth-order valence-electron chi connectivity index (χ4n) is 3.87. The van der Waals surface area contributed by atoms with Gasteiger partial charge in [-0.05, 0) is 55.2 Å². The number of nitrogens with zero attached hydrogens (tertiary/aromatic N) is 2. The van der Waals surface area contributed by atoms with Crippen molar-refractivity contribution in [1.29, 1.82) is 0 Å². The molecule has 4 rings (SSSR count). The molecule has 6 nitrogen and oxygen atoms in total. The Balaban J connectivity index is 1.53. The minimum absolute atomic E-state index is 0.132. The average molecular weight is 456 g/mol. The largest absolute Gasteiger partial charge is 0.345 e. The summed E-state index contributed by atoms with van der Waals surface area (Å²) in [7, 11) is -3.58. The molecular weight excluding hydrogens is 430 g/mol. The van der Waals surface area contributed by atoms with Crippen LogP contribution in [-0.2, 0) is 14.8 Å². The van der Waals surface area contributed by atoms with Gasteiger partial charge in [0.05, 0.1) is 12.0 Å². The molecule has 8 heteroatoms. The van der Waals surface area contributed by atoms with Crippen LogP contribution in [0.25, 0.3) is 0 Å². The molecule has 0 spiro atoms. The Morgan fingerprint density at radius 2 is 1.81 bits per heavy atom. The molecule has 1 fully saturated rings. The smallest absolute Gasteiger partial charge is 0.252 e. The molecule has 2 atom stereocenters. The van der Waals surface area contributed by atoms with E-state index in [1.165, 1.54) is 15.6 Å². The van der Waals surface area contributed by atoms with Crippen molar-refractivity contribution in [3.63, 3.8) is 0 Å². The summed E-state index contributed by atoms with van der Waals surface area (Å²) in [5.41, 5.74) is 1.90. The number of rotatable bonds is 6. The van der Waals surface area contributed by atoms with Crippen molar-refractivity contribution < 1.29 is 13.2 Å². The molecule has 3 heterocycles. The van der Waals surface area contributed by atoms with Crippen molar-refractivity contribution in [3.05, 3.63) is 83.0 Å². The summed E-state index contributed by atoms with van der Waals surface area (Å²) < 4.78 is 27.9. The summed E-state index contributed by atoms with van der Waals surface area (Å²) in [5.74, 6) is -0.523. The van der Waals surface area contributed by atoms with Crippen molar-refractivity contribution in [2.75, 3.05) is 13.1 Å². The second-order valence-electron chi connectivity index (χ2n) is 7.70. The van der Waals surface area contributed by atoms with Crippen molar-refractivity contribution in [2.45, 2.75) is 30.0 Å². The summed E-state index contributed by atoms with van der Waals surface area (Å²) >= 11 is 1.27. The van der Waals surface area contributed by atoms with E-state index in [9.17, 15) is 13.2 Å². The zero-order valence-corrected chi connectivity index (χ0v) is 18.9. The lowest BCUT2D eigenvalue weighted by Crippen LogP contribution is -2.46. The van der Waals surface area contributed by atoms with E-state index in [4.69, 9.17) is 0 Å². The Morgan fingerprint density at radius 3 is 2.48 bits per heavy atom. The number of hydrogen-bond acceptors (Lipinski definition) is 5. The summed E-state index contributed by atoms with van der Waals surface area (Å²) in [4.78, 5) is 18.2. The molecule has 1 amide bonds. The second-order valence-corrected chi connectivity index (χ2v) is 11.2. The number of carbonyl (C=O) groups is 1. The number of piperidine rings is 1. The van der Waals surface area contributed by atoms with Gasteiger partial charge in [0.15, 0.2) is 0 Å². The number of carbonyl (C=O) groups excluding carboxylic acids is 1. The molecule has 1 aromatic carbocycles. The molecule has 0 radical (unpaired) electrons. The first-order valence-corrected chi connectivity index (χ1v) is 12.5. The summed E-state index contributed by atoms with van der Waals surface area (Å²) in [5, 5.41) is 3.15. The maximum absolute atomic E-state index is 13.2. The third-order valence-corrected chi connectivity index (χ3v) is 8.86.